The summed E-state index contributed by atoms with van der Waals surface area (Å²) in [6.45, 7) is 2.66. The normalized spacial score (nSPS) is 17.8. The molecular formula is C13H17F3N2. The van der Waals surface area contributed by atoms with Gasteiger partial charge in [0.05, 0.1) is 11.3 Å². The Kier molecular flexibility index (Phi) is 3.90. The summed E-state index contributed by atoms with van der Waals surface area (Å²) in [4.78, 5) is 3.85. The second-order valence-corrected chi connectivity index (χ2v) is 4.77. The number of hydrogen-bond acceptors (Lipinski definition) is 2. The molecule has 1 aliphatic carbocycles. The summed E-state index contributed by atoms with van der Waals surface area (Å²) in [6, 6.07) is 2.99. The van der Waals surface area contributed by atoms with Crippen molar-refractivity contribution in [3.05, 3.63) is 29.6 Å². The lowest BCUT2D eigenvalue weighted by atomic mass is 10.1. The molecule has 1 N–H and O–H groups in total. The van der Waals surface area contributed by atoms with Gasteiger partial charge in [-0.05, 0) is 37.3 Å². The SMILES string of the molecule is CCC(NCc1ccc(C(F)(F)F)cn1)C1CC1. The van der Waals surface area contributed by atoms with Gasteiger partial charge < -0.3 is 5.32 Å². The molecule has 2 rings (SSSR count). The lowest BCUT2D eigenvalue weighted by Crippen LogP contribution is -2.30. The van der Waals surface area contributed by atoms with Gasteiger partial charge in [0.25, 0.3) is 0 Å². The number of rotatable bonds is 5. The first-order valence-electron chi connectivity index (χ1n) is 6.26. The van der Waals surface area contributed by atoms with E-state index in [1.54, 1.807) is 0 Å². The molecule has 100 valence electrons. The summed E-state index contributed by atoms with van der Waals surface area (Å²) in [7, 11) is 0. The Morgan fingerprint density at radius 3 is 2.56 bits per heavy atom. The minimum Gasteiger partial charge on any atom is -0.308 e. The van der Waals surface area contributed by atoms with Crippen LogP contribution in [0.1, 0.15) is 37.4 Å². The standard InChI is InChI=1S/C13H17F3N2/c1-2-12(9-3-4-9)18-8-11-6-5-10(7-17-11)13(14,15)16/h5-7,9,12,18H,2-4,8H2,1H3. The van der Waals surface area contributed by atoms with Crippen LogP contribution in [-0.4, -0.2) is 11.0 Å². The molecule has 1 atom stereocenters. The first kappa shape index (κ1) is 13.3. The number of pyridine rings is 1. The number of aromatic nitrogens is 1. The van der Waals surface area contributed by atoms with Crippen molar-refractivity contribution in [3.63, 3.8) is 0 Å². The van der Waals surface area contributed by atoms with E-state index in [2.05, 4.69) is 17.2 Å². The third-order valence-electron chi connectivity index (χ3n) is 3.33. The van der Waals surface area contributed by atoms with Crippen LogP contribution in [0.2, 0.25) is 0 Å². The average molecular weight is 258 g/mol. The summed E-state index contributed by atoms with van der Waals surface area (Å²) in [5.74, 6) is 0.740. The van der Waals surface area contributed by atoms with Crippen molar-refractivity contribution in [1.82, 2.24) is 10.3 Å². The largest absolute Gasteiger partial charge is 0.417 e. The lowest BCUT2D eigenvalue weighted by molar-refractivity contribution is -0.137. The smallest absolute Gasteiger partial charge is 0.308 e. The highest BCUT2D eigenvalue weighted by Crippen LogP contribution is 2.34. The second-order valence-electron chi connectivity index (χ2n) is 4.77. The Balaban J connectivity index is 1.90. The molecule has 0 saturated heterocycles. The summed E-state index contributed by atoms with van der Waals surface area (Å²) >= 11 is 0. The van der Waals surface area contributed by atoms with Gasteiger partial charge in [-0.3, -0.25) is 4.98 Å². The molecule has 0 bridgehead atoms. The molecule has 0 amide bonds. The molecule has 1 unspecified atom stereocenters. The molecular weight excluding hydrogens is 241 g/mol. The zero-order valence-corrected chi connectivity index (χ0v) is 10.3. The maximum Gasteiger partial charge on any atom is 0.417 e. The Bertz CT molecular complexity index is 382. The van der Waals surface area contributed by atoms with Crippen molar-refractivity contribution >= 4 is 0 Å². The highest BCUT2D eigenvalue weighted by Gasteiger charge is 2.31. The first-order valence-corrected chi connectivity index (χ1v) is 6.26. The van der Waals surface area contributed by atoms with E-state index in [9.17, 15) is 13.2 Å². The number of hydrogen-bond donors (Lipinski definition) is 1. The number of nitrogens with zero attached hydrogens (tertiary/aromatic N) is 1. The maximum atomic E-state index is 12.3. The van der Waals surface area contributed by atoms with Crippen molar-refractivity contribution in [2.75, 3.05) is 0 Å². The molecule has 18 heavy (non-hydrogen) atoms. The Labute approximate surface area is 105 Å². The van der Waals surface area contributed by atoms with Gasteiger partial charge >= 0.3 is 6.18 Å². The highest BCUT2D eigenvalue weighted by atomic mass is 19.4. The molecule has 1 fully saturated rings. The quantitative estimate of drug-likeness (QED) is 0.875. The minimum absolute atomic E-state index is 0.467. The van der Waals surface area contributed by atoms with E-state index in [-0.39, 0.29) is 0 Å². The van der Waals surface area contributed by atoms with Gasteiger partial charge in [-0.2, -0.15) is 13.2 Å². The van der Waals surface area contributed by atoms with Gasteiger partial charge in [-0.25, -0.2) is 0 Å². The first-order chi connectivity index (χ1) is 8.50. The third kappa shape index (κ3) is 3.45. The maximum absolute atomic E-state index is 12.3. The van der Waals surface area contributed by atoms with Gasteiger partial charge in [-0.15, -0.1) is 0 Å². The molecule has 1 heterocycles. The molecule has 0 radical (unpaired) electrons. The van der Waals surface area contributed by atoms with Crippen LogP contribution in [0.5, 0.6) is 0 Å². The monoisotopic (exact) mass is 258 g/mol. The molecule has 0 aliphatic heterocycles. The van der Waals surface area contributed by atoms with Gasteiger partial charge in [0.2, 0.25) is 0 Å². The predicted molar refractivity (Wildman–Crippen MR) is 62.9 cm³/mol. The van der Waals surface area contributed by atoms with Crippen LogP contribution in [0.4, 0.5) is 13.2 Å². The van der Waals surface area contributed by atoms with Gasteiger partial charge in [-0.1, -0.05) is 6.92 Å². The van der Waals surface area contributed by atoms with Crippen molar-refractivity contribution < 1.29 is 13.2 Å². The highest BCUT2D eigenvalue weighted by molar-refractivity contribution is 5.16. The number of nitrogens with one attached hydrogen (secondary N) is 1. The lowest BCUT2D eigenvalue weighted by Gasteiger charge is -2.15. The Morgan fingerprint density at radius 1 is 1.39 bits per heavy atom. The zero-order valence-electron chi connectivity index (χ0n) is 10.3. The van der Waals surface area contributed by atoms with Crippen molar-refractivity contribution in [2.45, 2.75) is 44.9 Å². The molecule has 1 aromatic rings. The van der Waals surface area contributed by atoms with Crippen LogP contribution in [-0.2, 0) is 12.7 Å². The van der Waals surface area contributed by atoms with E-state index in [0.717, 1.165) is 24.6 Å². The molecule has 1 aromatic heterocycles. The molecule has 5 heteroatoms. The molecule has 0 spiro atoms. The van der Waals surface area contributed by atoms with E-state index in [0.29, 0.717) is 18.3 Å². The van der Waals surface area contributed by atoms with Crippen LogP contribution in [0, 0.1) is 5.92 Å². The van der Waals surface area contributed by atoms with E-state index in [4.69, 9.17) is 0 Å². The van der Waals surface area contributed by atoms with Crippen molar-refractivity contribution in [3.8, 4) is 0 Å². The average Bonchev–Trinajstić information content (AvgIpc) is 3.14. The fourth-order valence-corrected chi connectivity index (χ4v) is 2.08. The van der Waals surface area contributed by atoms with Gasteiger partial charge in [0.1, 0.15) is 0 Å². The zero-order chi connectivity index (χ0) is 13.2. The van der Waals surface area contributed by atoms with Crippen LogP contribution in [0.25, 0.3) is 0 Å². The van der Waals surface area contributed by atoms with Crippen molar-refractivity contribution in [1.29, 1.82) is 0 Å². The number of alkyl halides is 3. The van der Waals surface area contributed by atoms with Gasteiger partial charge in [0.15, 0.2) is 0 Å². The number of halogens is 3. The summed E-state index contributed by atoms with van der Waals surface area (Å²) in [5.41, 5.74) is -0.0393. The third-order valence-corrected chi connectivity index (χ3v) is 3.33. The fraction of sp³-hybridized carbons (Fsp3) is 0.615. The second kappa shape index (κ2) is 5.26. The van der Waals surface area contributed by atoms with Crippen molar-refractivity contribution in [2.24, 2.45) is 5.92 Å². The molecule has 1 aliphatic rings. The topological polar surface area (TPSA) is 24.9 Å². The minimum atomic E-state index is -4.31. The van der Waals surface area contributed by atoms with Crippen LogP contribution < -0.4 is 5.32 Å². The van der Waals surface area contributed by atoms with E-state index in [1.165, 1.54) is 18.9 Å². The summed E-state index contributed by atoms with van der Waals surface area (Å²) < 4.78 is 37.0. The summed E-state index contributed by atoms with van der Waals surface area (Å²) in [6.07, 6.45) is 0.150. The van der Waals surface area contributed by atoms with E-state index >= 15 is 0 Å². The van der Waals surface area contributed by atoms with Crippen LogP contribution in [0.3, 0.4) is 0 Å². The van der Waals surface area contributed by atoms with E-state index in [1.807, 2.05) is 0 Å². The van der Waals surface area contributed by atoms with Crippen LogP contribution in [0.15, 0.2) is 18.3 Å². The predicted octanol–water partition coefficient (Wildman–Crippen LogP) is 3.38. The molecule has 2 nitrogen and oxygen atoms in total. The Morgan fingerprint density at radius 2 is 2.11 bits per heavy atom. The molecule has 1 saturated carbocycles. The Hall–Kier alpha value is -1.10. The summed E-state index contributed by atoms with van der Waals surface area (Å²) in [5, 5.41) is 3.36. The van der Waals surface area contributed by atoms with Crippen LogP contribution >= 0.6 is 0 Å². The van der Waals surface area contributed by atoms with E-state index < -0.39 is 11.7 Å². The fourth-order valence-electron chi connectivity index (χ4n) is 2.08. The van der Waals surface area contributed by atoms with Gasteiger partial charge in [0, 0.05) is 18.8 Å². The molecule has 0 aromatic carbocycles.